The molecule has 2 atom stereocenters. The predicted octanol–water partition coefficient (Wildman–Crippen LogP) is 4.80. The van der Waals surface area contributed by atoms with Gasteiger partial charge in [-0.3, -0.25) is 5.43 Å². The Morgan fingerprint density at radius 3 is 2.30 bits per heavy atom. The van der Waals surface area contributed by atoms with Crippen molar-refractivity contribution >= 4 is 12.2 Å². The summed E-state index contributed by atoms with van der Waals surface area (Å²) in [6.07, 6.45) is 9.34. The Labute approximate surface area is 140 Å². The quantitative estimate of drug-likeness (QED) is 0.643. The van der Waals surface area contributed by atoms with Crippen LogP contribution in [-0.2, 0) is 6.54 Å². The number of H-pyrrole nitrogens is 1. The molecule has 2 aliphatic rings. The van der Waals surface area contributed by atoms with E-state index in [1.807, 2.05) is 0 Å². The van der Waals surface area contributed by atoms with Gasteiger partial charge >= 0.3 is 0 Å². The fourth-order valence-corrected chi connectivity index (χ4v) is 3.42. The molecule has 3 N–H and O–H groups in total. The predicted molar refractivity (Wildman–Crippen MR) is 98.6 cm³/mol. The molecule has 1 aliphatic heterocycles. The van der Waals surface area contributed by atoms with Gasteiger partial charge in [0.05, 0.1) is 12.6 Å². The number of fused-ring (bicyclic) bond motifs is 3. The van der Waals surface area contributed by atoms with E-state index in [-0.39, 0.29) is 16.2 Å². The minimum atomic E-state index is 0.0529. The van der Waals surface area contributed by atoms with Gasteiger partial charge in [-0.1, -0.05) is 66.7 Å². The fraction of sp³-hybridized carbons (Fsp3) is 0.600. The molecule has 0 fully saturated rings. The lowest BCUT2D eigenvalue weighted by atomic mass is 9.67. The Hall–Kier alpha value is -1.32. The second kappa shape index (κ2) is 5.09. The van der Waals surface area contributed by atoms with Gasteiger partial charge in [0.25, 0.3) is 0 Å². The molecule has 23 heavy (non-hydrogen) atoms. The van der Waals surface area contributed by atoms with Crippen molar-refractivity contribution in [3.05, 3.63) is 34.7 Å². The van der Waals surface area contributed by atoms with Gasteiger partial charge < -0.3 is 4.98 Å². The van der Waals surface area contributed by atoms with Crippen LogP contribution in [0.2, 0.25) is 0 Å². The molecule has 1 aliphatic carbocycles. The standard InChI is InChI=1S/C20H31N3/c1-18(2,3)17-16-13-8-10-20(7,19(4,5)6)11-9-14(13)22-15(16)12-21-23-17/h8-11,17,21-23H,12H2,1-7H3. The molecule has 126 valence electrons. The minimum Gasteiger partial charge on any atom is -0.357 e. The summed E-state index contributed by atoms with van der Waals surface area (Å²) in [5.41, 5.74) is 12.5. The normalized spacial score (nSPS) is 27.5. The maximum Gasteiger partial charge on any atom is 0.0535 e. The zero-order valence-corrected chi connectivity index (χ0v) is 15.6. The first-order chi connectivity index (χ1) is 10.5. The smallest absolute Gasteiger partial charge is 0.0535 e. The van der Waals surface area contributed by atoms with E-state index in [1.165, 1.54) is 22.5 Å². The Morgan fingerprint density at radius 1 is 1.04 bits per heavy atom. The van der Waals surface area contributed by atoms with Crippen molar-refractivity contribution in [1.82, 2.24) is 15.8 Å². The molecular formula is C20H31N3. The summed E-state index contributed by atoms with van der Waals surface area (Å²) in [6, 6.07) is 0.295. The lowest BCUT2D eigenvalue weighted by Gasteiger charge is -2.37. The first-order valence-electron chi connectivity index (χ1n) is 8.64. The molecule has 2 unspecified atom stereocenters. The molecule has 3 rings (SSSR count). The van der Waals surface area contributed by atoms with Gasteiger partial charge in [-0.15, -0.1) is 0 Å². The summed E-state index contributed by atoms with van der Waals surface area (Å²) < 4.78 is 0. The highest BCUT2D eigenvalue weighted by molar-refractivity contribution is 5.71. The van der Waals surface area contributed by atoms with Crippen LogP contribution in [-0.4, -0.2) is 4.98 Å². The van der Waals surface area contributed by atoms with E-state index < -0.39 is 0 Å². The van der Waals surface area contributed by atoms with E-state index in [9.17, 15) is 0 Å². The average molecular weight is 313 g/mol. The molecule has 1 aromatic rings. The number of allylic oxidation sites excluding steroid dienone is 2. The molecule has 1 aromatic heterocycles. The van der Waals surface area contributed by atoms with Gasteiger partial charge in [0.2, 0.25) is 0 Å². The highest BCUT2D eigenvalue weighted by Crippen LogP contribution is 2.46. The van der Waals surface area contributed by atoms with Crippen molar-refractivity contribution in [2.24, 2.45) is 16.2 Å². The van der Waals surface area contributed by atoms with Crippen molar-refractivity contribution < 1.29 is 0 Å². The maximum absolute atomic E-state index is 3.64. The summed E-state index contributed by atoms with van der Waals surface area (Å²) in [5.74, 6) is 0. The lowest BCUT2D eigenvalue weighted by Crippen LogP contribution is -2.45. The first kappa shape index (κ1) is 16.5. The third-order valence-corrected chi connectivity index (χ3v) is 5.67. The topological polar surface area (TPSA) is 39.8 Å². The van der Waals surface area contributed by atoms with Crippen LogP contribution in [0.5, 0.6) is 0 Å². The van der Waals surface area contributed by atoms with Crippen LogP contribution in [0.25, 0.3) is 12.2 Å². The van der Waals surface area contributed by atoms with Gasteiger partial charge in [0.1, 0.15) is 0 Å². The second-order valence-corrected chi connectivity index (χ2v) is 9.34. The van der Waals surface area contributed by atoms with E-state index in [2.05, 4.69) is 88.6 Å². The number of hydrazine groups is 1. The van der Waals surface area contributed by atoms with Crippen LogP contribution < -0.4 is 10.9 Å². The van der Waals surface area contributed by atoms with Gasteiger partial charge in [0, 0.05) is 27.9 Å². The molecule has 3 nitrogen and oxygen atoms in total. The molecule has 0 aromatic carbocycles. The van der Waals surface area contributed by atoms with Crippen molar-refractivity contribution in [2.75, 3.05) is 0 Å². The molecule has 0 amide bonds. The van der Waals surface area contributed by atoms with Gasteiger partial charge in [-0.2, -0.15) is 0 Å². The number of aromatic amines is 1. The highest BCUT2D eigenvalue weighted by atomic mass is 15.4. The van der Waals surface area contributed by atoms with Gasteiger partial charge in [-0.25, -0.2) is 5.43 Å². The van der Waals surface area contributed by atoms with Gasteiger partial charge in [-0.05, 0) is 16.9 Å². The van der Waals surface area contributed by atoms with Crippen molar-refractivity contribution in [1.29, 1.82) is 0 Å². The summed E-state index contributed by atoms with van der Waals surface area (Å²) in [7, 11) is 0. The molecule has 2 heterocycles. The van der Waals surface area contributed by atoms with Gasteiger partial charge in [0.15, 0.2) is 0 Å². The minimum absolute atomic E-state index is 0.0529. The maximum atomic E-state index is 3.64. The van der Waals surface area contributed by atoms with Crippen LogP contribution in [0, 0.1) is 16.2 Å². The van der Waals surface area contributed by atoms with E-state index in [0.29, 0.717) is 6.04 Å². The van der Waals surface area contributed by atoms with Crippen LogP contribution in [0.3, 0.4) is 0 Å². The molecule has 3 heteroatoms. The second-order valence-electron chi connectivity index (χ2n) is 9.34. The Bertz CT molecular complexity index is 664. The summed E-state index contributed by atoms with van der Waals surface area (Å²) in [5, 5.41) is 0. The van der Waals surface area contributed by atoms with Crippen LogP contribution in [0.1, 0.15) is 77.0 Å². The SMILES string of the molecule is CC(C)(C)C1NNCc2[nH]c3c(c21)C=CC(C)(C(C)(C)C)C=C3. The van der Waals surface area contributed by atoms with E-state index >= 15 is 0 Å². The number of rotatable bonds is 0. The number of aromatic nitrogens is 1. The molecule has 0 spiro atoms. The molecule has 0 bridgehead atoms. The Kier molecular flexibility index (Phi) is 3.66. The van der Waals surface area contributed by atoms with Crippen molar-refractivity contribution in [3.63, 3.8) is 0 Å². The summed E-state index contributed by atoms with van der Waals surface area (Å²) >= 11 is 0. The van der Waals surface area contributed by atoms with Crippen LogP contribution in [0.15, 0.2) is 12.2 Å². The summed E-state index contributed by atoms with van der Waals surface area (Å²) in [4.78, 5) is 3.64. The number of hydrogen-bond acceptors (Lipinski definition) is 2. The van der Waals surface area contributed by atoms with Crippen LogP contribution >= 0.6 is 0 Å². The van der Waals surface area contributed by atoms with Crippen molar-refractivity contribution in [3.8, 4) is 0 Å². The molecule has 0 saturated carbocycles. The summed E-state index contributed by atoms with van der Waals surface area (Å²) in [6.45, 7) is 16.9. The highest BCUT2D eigenvalue weighted by Gasteiger charge is 2.37. The number of nitrogens with one attached hydrogen (secondary N) is 3. The fourth-order valence-electron chi connectivity index (χ4n) is 3.42. The van der Waals surface area contributed by atoms with E-state index in [0.717, 1.165) is 6.54 Å². The zero-order chi connectivity index (χ0) is 17.0. The number of hydrogen-bond donors (Lipinski definition) is 3. The zero-order valence-electron chi connectivity index (χ0n) is 15.6. The van der Waals surface area contributed by atoms with E-state index in [1.54, 1.807) is 0 Å². The van der Waals surface area contributed by atoms with Crippen LogP contribution in [0.4, 0.5) is 0 Å². The monoisotopic (exact) mass is 313 g/mol. The largest absolute Gasteiger partial charge is 0.357 e. The molecular weight excluding hydrogens is 282 g/mol. The third kappa shape index (κ3) is 2.70. The van der Waals surface area contributed by atoms with E-state index in [4.69, 9.17) is 0 Å². The third-order valence-electron chi connectivity index (χ3n) is 5.67. The first-order valence-corrected chi connectivity index (χ1v) is 8.64. The van der Waals surface area contributed by atoms with Crippen molar-refractivity contribution in [2.45, 2.75) is 61.1 Å². The molecule has 0 radical (unpaired) electrons. The average Bonchev–Trinajstić information content (AvgIpc) is 2.69. The Morgan fingerprint density at radius 2 is 1.70 bits per heavy atom. The molecule has 0 saturated heterocycles. The lowest BCUT2D eigenvalue weighted by molar-refractivity contribution is 0.228. The Balaban J connectivity index is 2.12.